The van der Waals surface area contributed by atoms with Gasteiger partial charge in [0.25, 0.3) is 5.69 Å². The first-order valence-electron chi connectivity index (χ1n) is 13.3. The van der Waals surface area contributed by atoms with Crippen molar-refractivity contribution in [2.75, 3.05) is 13.7 Å². The summed E-state index contributed by atoms with van der Waals surface area (Å²) in [4.78, 5) is 39.7. The Morgan fingerprint density at radius 2 is 1.63 bits per heavy atom. The molecule has 0 radical (unpaired) electrons. The lowest BCUT2D eigenvalue weighted by Crippen LogP contribution is -2.39. The first-order valence-corrected chi connectivity index (χ1v) is 13.3. The number of nitrogens with zero attached hydrogens (tertiary/aromatic N) is 2. The van der Waals surface area contributed by atoms with Crippen molar-refractivity contribution in [2.45, 2.75) is 64.4 Å². The van der Waals surface area contributed by atoms with Crippen LogP contribution in [0.5, 0.6) is 11.5 Å². The number of hydrogen-bond acceptors (Lipinski definition) is 7. The monoisotopic (exact) mass is 516 g/mol. The van der Waals surface area contributed by atoms with Gasteiger partial charge in [-0.25, -0.2) is 0 Å². The quantitative estimate of drug-likeness (QED) is 0.313. The van der Waals surface area contributed by atoms with Gasteiger partial charge < -0.3 is 14.4 Å². The normalized spacial score (nSPS) is 17.9. The van der Waals surface area contributed by atoms with Crippen molar-refractivity contribution in [3.63, 3.8) is 0 Å². The molecule has 0 bridgehead atoms. The summed E-state index contributed by atoms with van der Waals surface area (Å²) in [6.45, 7) is 3.06. The van der Waals surface area contributed by atoms with Crippen molar-refractivity contribution in [1.29, 1.82) is 0 Å². The van der Waals surface area contributed by atoms with E-state index in [2.05, 4.69) is 11.8 Å². The van der Waals surface area contributed by atoms with Gasteiger partial charge in [0.2, 0.25) is 0 Å². The van der Waals surface area contributed by atoms with Crippen LogP contribution in [0.25, 0.3) is 0 Å². The number of carbonyl (C=O) groups excluding carboxylic acids is 2. The zero-order chi connectivity index (χ0) is 26.8. The number of allylic oxidation sites excluding steroid dienone is 4. The molecule has 0 atom stereocenters. The molecule has 0 saturated heterocycles. The molecule has 0 N–H and O–H groups in total. The summed E-state index contributed by atoms with van der Waals surface area (Å²) in [7, 11) is 1.55. The Labute approximate surface area is 222 Å². The Balaban J connectivity index is 1.53. The van der Waals surface area contributed by atoms with Gasteiger partial charge in [0.1, 0.15) is 6.61 Å². The molecule has 2 aliphatic carbocycles. The molecule has 0 aromatic heterocycles. The Bertz CT molecular complexity index is 1310. The molecule has 0 amide bonds. The molecule has 1 heterocycles. The van der Waals surface area contributed by atoms with E-state index in [0.29, 0.717) is 29.9 Å². The maximum atomic E-state index is 13.4. The fourth-order valence-corrected chi connectivity index (χ4v) is 5.95. The van der Waals surface area contributed by atoms with Crippen LogP contribution in [0, 0.1) is 10.1 Å². The molecule has 0 fully saturated rings. The molecule has 198 valence electrons. The average Bonchev–Trinajstić information content (AvgIpc) is 2.92. The Morgan fingerprint density at radius 3 is 2.24 bits per heavy atom. The van der Waals surface area contributed by atoms with Crippen molar-refractivity contribution in [3.8, 4) is 11.5 Å². The standard InChI is InChI=1S/C30H32N2O6/c1-3-15-31-22-9-5-11-24(33)29(22)28(30-23(31)10-6-12-25(30)34)20-13-14-26(27(17-20)37-2)38-18-19-7-4-8-21(16-19)32(35)36/h4,7-8,13-14,16-17,28H,3,5-6,9-12,15,18H2,1-2H3. The van der Waals surface area contributed by atoms with Gasteiger partial charge in [0.15, 0.2) is 23.1 Å². The lowest BCUT2D eigenvalue weighted by atomic mass is 9.71. The highest BCUT2D eigenvalue weighted by Gasteiger charge is 2.43. The Hall–Kier alpha value is -3.94. The molecule has 0 unspecified atom stereocenters. The maximum Gasteiger partial charge on any atom is 0.269 e. The van der Waals surface area contributed by atoms with Gasteiger partial charge in [-0.3, -0.25) is 19.7 Å². The van der Waals surface area contributed by atoms with Gasteiger partial charge in [-0.1, -0.05) is 25.1 Å². The second-order valence-corrected chi connectivity index (χ2v) is 9.98. The summed E-state index contributed by atoms with van der Waals surface area (Å²) >= 11 is 0. The fraction of sp³-hybridized carbons (Fsp3) is 0.400. The van der Waals surface area contributed by atoms with E-state index in [-0.39, 0.29) is 23.9 Å². The van der Waals surface area contributed by atoms with E-state index in [0.717, 1.165) is 66.8 Å². The number of benzene rings is 2. The maximum absolute atomic E-state index is 13.4. The molecular weight excluding hydrogens is 484 g/mol. The van der Waals surface area contributed by atoms with Crippen LogP contribution in [0.4, 0.5) is 5.69 Å². The number of carbonyl (C=O) groups is 2. The van der Waals surface area contributed by atoms with Gasteiger partial charge in [-0.05, 0) is 55.4 Å². The van der Waals surface area contributed by atoms with Crippen LogP contribution in [0.1, 0.15) is 68.9 Å². The van der Waals surface area contributed by atoms with Crippen LogP contribution >= 0.6 is 0 Å². The highest BCUT2D eigenvalue weighted by molar-refractivity contribution is 6.06. The van der Waals surface area contributed by atoms with E-state index in [4.69, 9.17) is 9.47 Å². The third-order valence-electron chi connectivity index (χ3n) is 7.57. The van der Waals surface area contributed by atoms with Crippen LogP contribution in [0.3, 0.4) is 0 Å². The number of nitro benzene ring substituents is 1. The van der Waals surface area contributed by atoms with Crippen LogP contribution in [-0.2, 0) is 16.2 Å². The summed E-state index contributed by atoms with van der Waals surface area (Å²) in [5.41, 5.74) is 5.17. The third kappa shape index (κ3) is 4.71. The van der Waals surface area contributed by atoms with Gasteiger partial charge in [-0.15, -0.1) is 0 Å². The Morgan fingerprint density at radius 1 is 0.947 bits per heavy atom. The predicted octanol–water partition coefficient (Wildman–Crippen LogP) is 6.01. The number of non-ortho nitro benzene ring substituents is 1. The van der Waals surface area contributed by atoms with Gasteiger partial charge in [0.05, 0.1) is 12.0 Å². The molecule has 0 spiro atoms. The predicted molar refractivity (Wildman–Crippen MR) is 142 cm³/mol. The zero-order valence-electron chi connectivity index (χ0n) is 21.8. The minimum absolute atomic E-state index is 0.00489. The number of methoxy groups -OCH3 is 1. The molecule has 38 heavy (non-hydrogen) atoms. The number of Topliss-reactive ketones (excluding diaryl/α,β-unsaturated/α-hetero) is 2. The lowest BCUT2D eigenvalue weighted by molar-refractivity contribution is -0.384. The summed E-state index contributed by atoms with van der Waals surface area (Å²) < 4.78 is 11.6. The van der Waals surface area contributed by atoms with Gasteiger partial charge in [-0.2, -0.15) is 0 Å². The number of rotatable bonds is 8. The largest absolute Gasteiger partial charge is 0.493 e. The first-order chi connectivity index (χ1) is 18.4. The fourth-order valence-electron chi connectivity index (χ4n) is 5.95. The minimum Gasteiger partial charge on any atom is -0.493 e. The number of ketones is 2. The lowest BCUT2D eigenvalue weighted by Gasteiger charge is -2.44. The van der Waals surface area contributed by atoms with E-state index in [1.54, 1.807) is 25.3 Å². The highest BCUT2D eigenvalue weighted by atomic mass is 16.6. The second-order valence-electron chi connectivity index (χ2n) is 9.98. The third-order valence-corrected chi connectivity index (χ3v) is 7.57. The van der Waals surface area contributed by atoms with Crippen molar-refractivity contribution in [2.24, 2.45) is 0 Å². The van der Waals surface area contributed by atoms with Crippen molar-refractivity contribution in [3.05, 3.63) is 86.2 Å². The number of nitro groups is 1. The highest BCUT2D eigenvalue weighted by Crippen LogP contribution is 2.50. The van der Waals surface area contributed by atoms with E-state index in [1.807, 2.05) is 12.1 Å². The van der Waals surface area contributed by atoms with E-state index < -0.39 is 10.8 Å². The topological polar surface area (TPSA) is 99.0 Å². The minimum atomic E-state index is -0.435. The molecule has 3 aliphatic rings. The molecule has 2 aromatic carbocycles. The van der Waals surface area contributed by atoms with E-state index >= 15 is 0 Å². The summed E-state index contributed by atoms with van der Waals surface area (Å²) in [5, 5.41) is 11.1. The zero-order valence-corrected chi connectivity index (χ0v) is 21.8. The molecule has 1 aliphatic heterocycles. The van der Waals surface area contributed by atoms with Gasteiger partial charge in [0, 0.05) is 60.0 Å². The van der Waals surface area contributed by atoms with Gasteiger partial charge >= 0.3 is 0 Å². The summed E-state index contributed by atoms with van der Waals surface area (Å²) in [6.07, 6.45) is 5.25. The SMILES string of the molecule is CCCN1C2=C(C(=O)CCC2)C(c2ccc(OCc3cccc([N+](=O)[O-])c3)c(OC)c2)C2=C1CCCC2=O. The number of ether oxygens (including phenoxy) is 2. The molecule has 8 heteroatoms. The Kier molecular flexibility index (Phi) is 7.31. The van der Waals surface area contributed by atoms with Crippen LogP contribution < -0.4 is 9.47 Å². The van der Waals surface area contributed by atoms with Crippen LogP contribution in [0.15, 0.2) is 65.0 Å². The average molecular weight is 517 g/mol. The second kappa shape index (κ2) is 10.8. The first kappa shape index (κ1) is 25.7. The smallest absolute Gasteiger partial charge is 0.269 e. The summed E-state index contributed by atoms with van der Waals surface area (Å²) in [5.74, 6) is 0.798. The van der Waals surface area contributed by atoms with Crippen LogP contribution in [0.2, 0.25) is 0 Å². The van der Waals surface area contributed by atoms with E-state index in [9.17, 15) is 19.7 Å². The van der Waals surface area contributed by atoms with E-state index in [1.165, 1.54) is 12.1 Å². The molecule has 2 aromatic rings. The molecule has 5 rings (SSSR count). The van der Waals surface area contributed by atoms with Crippen LogP contribution in [-0.4, -0.2) is 35.0 Å². The number of hydrogen-bond donors (Lipinski definition) is 0. The van der Waals surface area contributed by atoms with Crippen molar-refractivity contribution in [1.82, 2.24) is 4.90 Å². The summed E-state index contributed by atoms with van der Waals surface area (Å²) in [6, 6.07) is 11.9. The molecule has 0 saturated carbocycles. The molecular formula is C30H32N2O6. The van der Waals surface area contributed by atoms with Crippen molar-refractivity contribution >= 4 is 17.3 Å². The van der Waals surface area contributed by atoms with Crippen molar-refractivity contribution < 1.29 is 24.0 Å². The molecule has 8 nitrogen and oxygen atoms in total.